The Morgan fingerprint density at radius 3 is 2.53 bits per heavy atom. The molecule has 8 heteroatoms. The molecule has 0 spiro atoms. The van der Waals surface area contributed by atoms with E-state index in [4.69, 9.17) is 10.7 Å². The summed E-state index contributed by atoms with van der Waals surface area (Å²) < 4.78 is 0. The molecule has 0 radical (unpaired) electrons. The zero-order chi connectivity index (χ0) is 20.6. The van der Waals surface area contributed by atoms with Crippen molar-refractivity contribution < 1.29 is 4.79 Å². The standard InChI is InChI=1S/C22H30N6O.HI/c1-27(2)22(25-15-17-7-4-3-5-8-17)26-16-19-9-6-12-24-21(19)28-13-10-18(11-14-28)20(23)29;/h3-9,12,18H,10-11,13-16H2,1-2H3,(H2,23,29)(H,25,26);1H. The van der Waals surface area contributed by atoms with Gasteiger partial charge in [0.2, 0.25) is 5.91 Å². The van der Waals surface area contributed by atoms with Crippen LogP contribution in [0.25, 0.3) is 0 Å². The molecule has 7 nitrogen and oxygen atoms in total. The van der Waals surface area contributed by atoms with Crippen LogP contribution in [0, 0.1) is 5.92 Å². The van der Waals surface area contributed by atoms with Gasteiger partial charge in [0, 0.05) is 51.4 Å². The van der Waals surface area contributed by atoms with Crippen LogP contribution >= 0.6 is 24.0 Å². The molecule has 1 aromatic carbocycles. The number of primary amides is 1. The molecule has 2 heterocycles. The molecular weight excluding hydrogens is 491 g/mol. The fraction of sp³-hybridized carbons (Fsp3) is 0.409. The number of hydrogen-bond acceptors (Lipinski definition) is 4. The van der Waals surface area contributed by atoms with E-state index < -0.39 is 0 Å². The number of aromatic nitrogens is 1. The van der Waals surface area contributed by atoms with Crippen molar-refractivity contribution in [2.75, 3.05) is 32.1 Å². The quantitative estimate of drug-likeness (QED) is 0.346. The SMILES string of the molecule is CN(C)C(=NCc1ccccc1)NCc1cccnc1N1CCC(C(N)=O)CC1.I. The predicted molar refractivity (Wildman–Crippen MR) is 132 cm³/mol. The summed E-state index contributed by atoms with van der Waals surface area (Å²) in [4.78, 5) is 25.0. The van der Waals surface area contributed by atoms with E-state index in [1.165, 1.54) is 5.56 Å². The van der Waals surface area contributed by atoms with Gasteiger partial charge in [-0.1, -0.05) is 36.4 Å². The van der Waals surface area contributed by atoms with Gasteiger partial charge in [-0.15, -0.1) is 24.0 Å². The number of nitrogens with two attached hydrogens (primary N) is 1. The van der Waals surface area contributed by atoms with E-state index in [0.29, 0.717) is 13.1 Å². The van der Waals surface area contributed by atoms with E-state index in [1.807, 2.05) is 49.5 Å². The smallest absolute Gasteiger partial charge is 0.220 e. The first kappa shape index (κ1) is 23.9. The van der Waals surface area contributed by atoms with Gasteiger partial charge in [-0.2, -0.15) is 0 Å². The number of anilines is 1. The Bertz CT molecular complexity index is 835. The molecule has 3 rings (SSSR count). The highest BCUT2D eigenvalue weighted by atomic mass is 127. The third-order valence-electron chi connectivity index (χ3n) is 5.18. The molecule has 0 aliphatic carbocycles. The lowest BCUT2D eigenvalue weighted by Crippen LogP contribution is -2.40. The first-order valence-electron chi connectivity index (χ1n) is 10.0. The van der Waals surface area contributed by atoms with Crippen molar-refractivity contribution in [3.8, 4) is 0 Å². The first-order chi connectivity index (χ1) is 14.0. The molecule has 0 unspecified atom stereocenters. The Labute approximate surface area is 195 Å². The van der Waals surface area contributed by atoms with Gasteiger partial charge in [0.05, 0.1) is 6.54 Å². The number of carbonyl (C=O) groups is 1. The second-order valence-electron chi connectivity index (χ2n) is 7.52. The number of rotatable bonds is 6. The van der Waals surface area contributed by atoms with Crippen molar-refractivity contribution >= 4 is 41.7 Å². The molecule has 1 aliphatic rings. The average molecular weight is 522 g/mol. The molecule has 30 heavy (non-hydrogen) atoms. The number of hydrogen-bond donors (Lipinski definition) is 2. The van der Waals surface area contributed by atoms with Crippen LogP contribution in [0.1, 0.15) is 24.0 Å². The summed E-state index contributed by atoms with van der Waals surface area (Å²) in [5, 5.41) is 3.45. The normalized spacial score (nSPS) is 14.7. The maximum absolute atomic E-state index is 11.4. The van der Waals surface area contributed by atoms with E-state index in [9.17, 15) is 4.79 Å². The second kappa shape index (κ2) is 11.7. The number of nitrogens with zero attached hydrogens (tertiary/aromatic N) is 4. The van der Waals surface area contributed by atoms with Gasteiger partial charge in [0.25, 0.3) is 0 Å². The lowest BCUT2D eigenvalue weighted by Gasteiger charge is -2.32. The van der Waals surface area contributed by atoms with E-state index >= 15 is 0 Å². The minimum absolute atomic E-state index is 0. The van der Waals surface area contributed by atoms with Gasteiger partial charge >= 0.3 is 0 Å². The lowest BCUT2D eigenvalue weighted by atomic mass is 9.96. The number of carbonyl (C=O) groups excluding carboxylic acids is 1. The van der Waals surface area contributed by atoms with Gasteiger partial charge in [0.15, 0.2) is 5.96 Å². The predicted octanol–water partition coefficient (Wildman–Crippen LogP) is 2.61. The van der Waals surface area contributed by atoms with Crippen molar-refractivity contribution in [3.63, 3.8) is 0 Å². The first-order valence-corrected chi connectivity index (χ1v) is 10.0. The minimum Gasteiger partial charge on any atom is -0.369 e. The van der Waals surface area contributed by atoms with Crippen LogP contribution in [0.2, 0.25) is 0 Å². The van der Waals surface area contributed by atoms with E-state index in [-0.39, 0.29) is 35.8 Å². The molecule has 0 saturated carbocycles. The number of piperidine rings is 1. The third-order valence-corrected chi connectivity index (χ3v) is 5.18. The van der Waals surface area contributed by atoms with Crippen LogP contribution in [0.15, 0.2) is 53.7 Å². The topological polar surface area (TPSA) is 86.8 Å². The molecule has 3 N–H and O–H groups in total. The third kappa shape index (κ3) is 6.58. The van der Waals surface area contributed by atoms with Crippen molar-refractivity contribution in [2.45, 2.75) is 25.9 Å². The van der Waals surface area contributed by atoms with Crippen molar-refractivity contribution in [2.24, 2.45) is 16.6 Å². The molecule has 1 fully saturated rings. The number of nitrogens with one attached hydrogen (secondary N) is 1. The largest absolute Gasteiger partial charge is 0.369 e. The molecule has 1 aliphatic heterocycles. The molecule has 1 saturated heterocycles. The van der Waals surface area contributed by atoms with Gasteiger partial charge in [-0.05, 0) is 24.5 Å². The molecule has 1 amide bonds. The summed E-state index contributed by atoms with van der Waals surface area (Å²) >= 11 is 0. The van der Waals surface area contributed by atoms with Crippen LogP contribution in [0.5, 0.6) is 0 Å². The molecule has 1 aromatic heterocycles. The van der Waals surface area contributed by atoms with Crippen LogP contribution in [-0.2, 0) is 17.9 Å². The summed E-state index contributed by atoms with van der Waals surface area (Å²) in [5.74, 6) is 1.57. The monoisotopic (exact) mass is 522 g/mol. The molecule has 0 atom stereocenters. The average Bonchev–Trinajstić information content (AvgIpc) is 2.74. The van der Waals surface area contributed by atoms with Crippen molar-refractivity contribution in [1.29, 1.82) is 0 Å². The van der Waals surface area contributed by atoms with E-state index in [1.54, 1.807) is 0 Å². The summed E-state index contributed by atoms with van der Waals surface area (Å²) in [6, 6.07) is 14.2. The van der Waals surface area contributed by atoms with Gasteiger partial charge in [-0.3, -0.25) is 4.79 Å². The number of benzene rings is 1. The molecule has 2 aromatic rings. The Hall–Kier alpha value is -2.36. The Morgan fingerprint density at radius 1 is 1.20 bits per heavy atom. The number of pyridine rings is 1. The molecular formula is C22H31IN6O. The fourth-order valence-corrected chi connectivity index (χ4v) is 3.51. The highest BCUT2D eigenvalue weighted by Crippen LogP contribution is 2.24. The van der Waals surface area contributed by atoms with Crippen LogP contribution in [0.4, 0.5) is 5.82 Å². The number of halogens is 1. The Balaban J connectivity index is 0.00000320. The number of guanidine groups is 1. The summed E-state index contributed by atoms with van der Waals surface area (Å²) in [6.07, 6.45) is 3.37. The maximum Gasteiger partial charge on any atom is 0.220 e. The number of amides is 1. The number of aliphatic imine (C=N–C) groups is 1. The highest BCUT2D eigenvalue weighted by Gasteiger charge is 2.25. The van der Waals surface area contributed by atoms with Crippen LogP contribution in [0.3, 0.4) is 0 Å². The fourth-order valence-electron chi connectivity index (χ4n) is 3.51. The van der Waals surface area contributed by atoms with E-state index in [0.717, 1.165) is 43.3 Å². The lowest BCUT2D eigenvalue weighted by molar-refractivity contribution is -0.122. The van der Waals surface area contributed by atoms with Crippen molar-refractivity contribution in [1.82, 2.24) is 15.2 Å². The maximum atomic E-state index is 11.4. The zero-order valence-corrected chi connectivity index (χ0v) is 20.0. The summed E-state index contributed by atoms with van der Waals surface area (Å²) in [6.45, 7) is 2.84. The second-order valence-corrected chi connectivity index (χ2v) is 7.52. The Morgan fingerprint density at radius 2 is 1.90 bits per heavy atom. The van der Waals surface area contributed by atoms with Gasteiger partial charge < -0.3 is 20.9 Å². The molecule has 162 valence electrons. The Kier molecular flexibility index (Phi) is 9.35. The van der Waals surface area contributed by atoms with Crippen LogP contribution < -0.4 is 16.0 Å². The highest BCUT2D eigenvalue weighted by molar-refractivity contribution is 14.0. The van der Waals surface area contributed by atoms with Crippen LogP contribution in [-0.4, -0.2) is 48.9 Å². The molecule has 0 bridgehead atoms. The van der Waals surface area contributed by atoms with E-state index in [2.05, 4.69) is 33.4 Å². The van der Waals surface area contributed by atoms with Gasteiger partial charge in [-0.25, -0.2) is 9.98 Å². The van der Waals surface area contributed by atoms with Gasteiger partial charge in [0.1, 0.15) is 5.82 Å². The summed E-state index contributed by atoms with van der Waals surface area (Å²) in [5.41, 5.74) is 7.74. The minimum atomic E-state index is -0.196. The van der Waals surface area contributed by atoms with Crippen molar-refractivity contribution in [3.05, 3.63) is 59.8 Å². The summed E-state index contributed by atoms with van der Waals surface area (Å²) in [7, 11) is 3.96. The zero-order valence-electron chi connectivity index (χ0n) is 17.6.